The number of rotatable bonds is 7. The van der Waals surface area contributed by atoms with E-state index >= 15 is 0 Å². The number of hydrogen-bond donors (Lipinski definition) is 2. The van der Waals surface area contributed by atoms with Gasteiger partial charge in [0.05, 0.1) is 13.7 Å². The zero-order valence-corrected chi connectivity index (χ0v) is 16.2. The molecule has 2 heterocycles. The number of carbonyl (C=O) groups is 1. The van der Waals surface area contributed by atoms with Crippen LogP contribution in [0, 0.1) is 0 Å². The van der Waals surface area contributed by atoms with Crippen LogP contribution in [0.2, 0.25) is 0 Å². The highest BCUT2D eigenvalue weighted by Gasteiger charge is 2.32. The molecule has 2 aliphatic heterocycles. The summed E-state index contributed by atoms with van der Waals surface area (Å²) in [5.74, 6) is 0.983. The van der Waals surface area contributed by atoms with Crippen LogP contribution in [0.5, 0.6) is 5.75 Å². The molecule has 2 fully saturated rings. The fraction of sp³-hybridized carbons (Fsp3) is 0.650. The number of aliphatic hydroxyl groups excluding tert-OH is 1. The van der Waals surface area contributed by atoms with Crippen molar-refractivity contribution in [2.45, 2.75) is 24.8 Å². The molecule has 0 radical (unpaired) electrons. The minimum Gasteiger partial charge on any atom is -0.497 e. The molecule has 2 saturated heterocycles. The van der Waals surface area contributed by atoms with E-state index in [0.717, 1.165) is 50.5 Å². The number of nitrogens with zero attached hydrogens (tertiary/aromatic N) is 2. The maximum Gasteiger partial charge on any atom is 0.236 e. The average molecular weight is 377 g/mol. The summed E-state index contributed by atoms with van der Waals surface area (Å²) in [6.07, 6.45) is 2.34. The Morgan fingerprint density at radius 2 is 1.85 bits per heavy atom. The summed E-state index contributed by atoms with van der Waals surface area (Å²) in [4.78, 5) is 16.9. The van der Waals surface area contributed by atoms with E-state index < -0.39 is 0 Å². The Labute approximate surface area is 161 Å². The lowest BCUT2D eigenvalue weighted by atomic mass is 9.87. The minimum absolute atomic E-state index is 0.127. The van der Waals surface area contributed by atoms with Crippen molar-refractivity contribution in [2.24, 2.45) is 0 Å². The number of methoxy groups -OCH3 is 1. The monoisotopic (exact) mass is 377 g/mol. The standard InChI is InChI=1S/C20H31N3O4/c1-26-18-4-2-17(3-5-18)22-9-11-23(12-10-22)19(25)16-21-20(6-13-24)7-14-27-15-8-20/h2-5,21,24H,6-16H2,1H3. The lowest BCUT2D eigenvalue weighted by Crippen LogP contribution is -2.55. The van der Waals surface area contributed by atoms with Gasteiger partial charge in [-0.05, 0) is 43.5 Å². The Balaban J connectivity index is 1.47. The SMILES string of the molecule is COc1ccc(N2CCN(C(=O)CNC3(CCO)CCOCC3)CC2)cc1. The summed E-state index contributed by atoms with van der Waals surface area (Å²) < 4.78 is 10.6. The number of anilines is 1. The van der Waals surface area contributed by atoms with Gasteiger partial charge in [0.25, 0.3) is 0 Å². The van der Waals surface area contributed by atoms with Crippen molar-refractivity contribution in [1.82, 2.24) is 10.2 Å². The minimum atomic E-state index is -0.173. The first-order valence-corrected chi connectivity index (χ1v) is 9.76. The second-order valence-corrected chi connectivity index (χ2v) is 7.29. The molecular formula is C20H31N3O4. The second kappa shape index (κ2) is 9.39. The van der Waals surface area contributed by atoms with Gasteiger partial charge in [0.1, 0.15) is 5.75 Å². The molecule has 0 unspecified atom stereocenters. The lowest BCUT2D eigenvalue weighted by Gasteiger charge is -2.39. The van der Waals surface area contributed by atoms with Gasteiger partial charge < -0.3 is 29.7 Å². The normalized spacial score (nSPS) is 19.8. The molecule has 3 rings (SSSR count). The molecule has 0 aliphatic carbocycles. The van der Waals surface area contributed by atoms with E-state index in [9.17, 15) is 9.90 Å². The quantitative estimate of drug-likeness (QED) is 0.734. The smallest absolute Gasteiger partial charge is 0.236 e. The summed E-state index contributed by atoms with van der Waals surface area (Å²) in [6, 6.07) is 8.04. The van der Waals surface area contributed by atoms with E-state index in [4.69, 9.17) is 9.47 Å². The summed E-state index contributed by atoms with van der Waals surface area (Å²) in [7, 11) is 1.67. The Morgan fingerprint density at radius 3 is 2.44 bits per heavy atom. The highest BCUT2D eigenvalue weighted by atomic mass is 16.5. The fourth-order valence-corrected chi connectivity index (χ4v) is 3.87. The van der Waals surface area contributed by atoms with Crippen LogP contribution in [0.4, 0.5) is 5.69 Å². The molecule has 1 aromatic rings. The highest BCUT2D eigenvalue weighted by molar-refractivity contribution is 5.78. The first-order chi connectivity index (χ1) is 13.2. The van der Waals surface area contributed by atoms with Gasteiger partial charge in [0.2, 0.25) is 5.91 Å². The number of hydrogen-bond acceptors (Lipinski definition) is 6. The third kappa shape index (κ3) is 5.12. The van der Waals surface area contributed by atoms with E-state index in [0.29, 0.717) is 26.2 Å². The molecule has 7 heteroatoms. The van der Waals surface area contributed by atoms with E-state index in [1.807, 2.05) is 17.0 Å². The molecule has 0 bridgehead atoms. The van der Waals surface area contributed by atoms with Crippen molar-refractivity contribution in [1.29, 1.82) is 0 Å². The molecule has 2 aliphatic rings. The number of amides is 1. The maximum atomic E-state index is 12.6. The number of benzene rings is 1. The molecule has 2 N–H and O–H groups in total. The summed E-state index contributed by atoms with van der Waals surface area (Å²) in [6.45, 7) is 4.92. The van der Waals surface area contributed by atoms with E-state index in [1.165, 1.54) is 0 Å². The van der Waals surface area contributed by atoms with Gasteiger partial charge in [0.15, 0.2) is 0 Å². The summed E-state index contributed by atoms with van der Waals surface area (Å²) in [5, 5.41) is 12.8. The third-order valence-corrected chi connectivity index (χ3v) is 5.72. The molecule has 1 aromatic carbocycles. The van der Waals surface area contributed by atoms with Crippen molar-refractivity contribution in [3.8, 4) is 5.75 Å². The Kier molecular flexibility index (Phi) is 6.93. The van der Waals surface area contributed by atoms with Crippen LogP contribution in [0.1, 0.15) is 19.3 Å². The molecular weight excluding hydrogens is 346 g/mol. The average Bonchev–Trinajstić information content (AvgIpc) is 2.73. The second-order valence-electron chi connectivity index (χ2n) is 7.29. The van der Waals surface area contributed by atoms with Crippen molar-refractivity contribution >= 4 is 11.6 Å². The van der Waals surface area contributed by atoms with Crippen LogP contribution >= 0.6 is 0 Å². The molecule has 0 aromatic heterocycles. The molecule has 150 valence electrons. The van der Waals surface area contributed by atoms with Crippen LogP contribution < -0.4 is 15.0 Å². The van der Waals surface area contributed by atoms with Gasteiger partial charge in [-0.2, -0.15) is 0 Å². The van der Waals surface area contributed by atoms with Crippen LogP contribution in [0.15, 0.2) is 24.3 Å². The van der Waals surface area contributed by atoms with E-state index in [1.54, 1.807) is 7.11 Å². The van der Waals surface area contributed by atoms with Crippen LogP contribution in [0.3, 0.4) is 0 Å². The number of carbonyl (C=O) groups excluding carboxylic acids is 1. The van der Waals surface area contributed by atoms with Crippen LogP contribution in [0.25, 0.3) is 0 Å². The van der Waals surface area contributed by atoms with Gasteiger partial charge in [-0.25, -0.2) is 0 Å². The number of ether oxygens (including phenoxy) is 2. The van der Waals surface area contributed by atoms with Gasteiger partial charge in [-0.15, -0.1) is 0 Å². The van der Waals surface area contributed by atoms with Crippen LogP contribution in [-0.2, 0) is 9.53 Å². The van der Waals surface area contributed by atoms with Crippen molar-refractivity contribution < 1.29 is 19.4 Å². The largest absolute Gasteiger partial charge is 0.497 e. The third-order valence-electron chi connectivity index (χ3n) is 5.72. The maximum absolute atomic E-state index is 12.6. The molecule has 27 heavy (non-hydrogen) atoms. The predicted molar refractivity (Wildman–Crippen MR) is 104 cm³/mol. The fourth-order valence-electron chi connectivity index (χ4n) is 3.87. The number of aliphatic hydroxyl groups is 1. The molecule has 0 spiro atoms. The molecule has 0 atom stereocenters. The van der Waals surface area contributed by atoms with Crippen molar-refractivity contribution in [3.05, 3.63) is 24.3 Å². The Hall–Kier alpha value is -1.83. The van der Waals surface area contributed by atoms with Crippen molar-refractivity contribution in [3.63, 3.8) is 0 Å². The zero-order chi connectivity index (χ0) is 19.1. The first kappa shape index (κ1) is 19.9. The Morgan fingerprint density at radius 1 is 1.19 bits per heavy atom. The number of piperazine rings is 1. The topological polar surface area (TPSA) is 74.3 Å². The number of nitrogens with one attached hydrogen (secondary N) is 1. The van der Waals surface area contributed by atoms with Gasteiger partial charge >= 0.3 is 0 Å². The van der Waals surface area contributed by atoms with Crippen LogP contribution in [-0.4, -0.2) is 81.1 Å². The van der Waals surface area contributed by atoms with E-state index in [-0.39, 0.29) is 18.1 Å². The summed E-state index contributed by atoms with van der Waals surface area (Å²) >= 11 is 0. The highest BCUT2D eigenvalue weighted by Crippen LogP contribution is 2.24. The van der Waals surface area contributed by atoms with Gasteiger partial charge in [0, 0.05) is 57.2 Å². The molecule has 0 saturated carbocycles. The van der Waals surface area contributed by atoms with Crippen molar-refractivity contribution in [2.75, 3.05) is 64.6 Å². The predicted octanol–water partition coefficient (Wildman–Crippen LogP) is 0.865. The van der Waals surface area contributed by atoms with Gasteiger partial charge in [-0.3, -0.25) is 4.79 Å². The zero-order valence-electron chi connectivity index (χ0n) is 16.2. The molecule has 1 amide bonds. The van der Waals surface area contributed by atoms with Gasteiger partial charge in [-0.1, -0.05) is 0 Å². The lowest BCUT2D eigenvalue weighted by molar-refractivity contribution is -0.131. The van der Waals surface area contributed by atoms with E-state index in [2.05, 4.69) is 22.3 Å². The summed E-state index contributed by atoms with van der Waals surface area (Å²) in [5.41, 5.74) is 0.984. The molecule has 7 nitrogen and oxygen atoms in total. The first-order valence-electron chi connectivity index (χ1n) is 9.76. The Bertz CT molecular complexity index is 588.